The van der Waals surface area contributed by atoms with Crippen molar-refractivity contribution in [1.82, 2.24) is 0 Å². The lowest BCUT2D eigenvalue weighted by Crippen LogP contribution is -1.93. The summed E-state index contributed by atoms with van der Waals surface area (Å²) in [6.07, 6.45) is 53.2. The maximum atomic E-state index is 10.4. The largest absolute Gasteiger partial charge is 0.481 e. The zero-order valence-electron chi connectivity index (χ0n) is 22.6. The summed E-state index contributed by atoms with van der Waals surface area (Å²) in [5, 5.41) is 8.58. The number of carboxylic acid groups (broad SMARTS) is 1. The molecule has 0 amide bonds. The Morgan fingerprint density at radius 1 is 0.444 bits per heavy atom. The first-order chi connectivity index (χ1) is 17.8. The fourth-order valence-corrected chi connectivity index (χ4v) is 3.17. The number of carboxylic acids is 1. The van der Waals surface area contributed by atoms with Crippen LogP contribution in [0.4, 0.5) is 0 Å². The second-order valence-corrected chi connectivity index (χ2v) is 8.53. The summed E-state index contributed by atoms with van der Waals surface area (Å²) in [5.74, 6) is -0.693. The van der Waals surface area contributed by atoms with Crippen LogP contribution < -0.4 is 0 Å². The molecule has 2 heteroatoms. The van der Waals surface area contributed by atoms with E-state index in [1.165, 1.54) is 0 Å². The van der Waals surface area contributed by atoms with E-state index in [1.807, 2.05) is 0 Å². The number of allylic oxidation sites excluding steroid dienone is 18. The molecule has 0 aromatic heterocycles. The second-order valence-electron chi connectivity index (χ2n) is 8.53. The van der Waals surface area contributed by atoms with Gasteiger partial charge in [0.2, 0.25) is 0 Å². The first-order valence-corrected chi connectivity index (χ1v) is 13.8. The molecule has 0 aromatic rings. The van der Waals surface area contributed by atoms with Crippen molar-refractivity contribution in [2.75, 3.05) is 0 Å². The molecule has 1 N–H and O–H groups in total. The second kappa shape index (κ2) is 30.2. The van der Waals surface area contributed by atoms with Gasteiger partial charge in [0.05, 0.1) is 0 Å². The third-order valence-corrected chi connectivity index (χ3v) is 5.17. The summed E-state index contributed by atoms with van der Waals surface area (Å²) >= 11 is 0. The molecule has 36 heavy (non-hydrogen) atoms. The van der Waals surface area contributed by atoms with Gasteiger partial charge in [0, 0.05) is 6.42 Å². The van der Waals surface area contributed by atoms with Gasteiger partial charge in [-0.25, -0.2) is 0 Å². The van der Waals surface area contributed by atoms with Crippen LogP contribution in [-0.4, -0.2) is 11.1 Å². The van der Waals surface area contributed by atoms with Gasteiger partial charge in [-0.3, -0.25) is 4.79 Å². The van der Waals surface area contributed by atoms with Gasteiger partial charge in [0.15, 0.2) is 0 Å². The summed E-state index contributed by atoms with van der Waals surface area (Å²) in [6, 6.07) is 0. The van der Waals surface area contributed by atoms with E-state index in [0.717, 1.165) is 83.5 Å². The molecule has 0 unspecified atom stereocenters. The van der Waals surface area contributed by atoms with Crippen LogP contribution in [-0.2, 0) is 4.79 Å². The average molecular weight is 491 g/mol. The SMILES string of the molecule is CC/C=C\C/C=C\C/C=C\C/C=C\C/C=C\C/C=C\C/C=C\C/C=C\C/C=C\CCCCCC(=O)O. The molecular formula is C34H50O2. The van der Waals surface area contributed by atoms with E-state index in [0.29, 0.717) is 6.42 Å². The minimum absolute atomic E-state index is 0.292. The third kappa shape index (κ3) is 31.1. The lowest BCUT2D eigenvalue weighted by atomic mass is 10.1. The Hall–Kier alpha value is -2.87. The summed E-state index contributed by atoms with van der Waals surface area (Å²) < 4.78 is 0. The molecule has 0 atom stereocenters. The van der Waals surface area contributed by atoms with Crippen LogP contribution in [0.2, 0.25) is 0 Å². The van der Waals surface area contributed by atoms with Crippen LogP contribution in [0.25, 0.3) is 0 Å². The molecule has 0 aliphatic rings. The van der Waals surface area contributed by atoms with E-state index < -0.39 is 5.97 Å². The van der Waals surface area contributed by atoms with Gasteiger partial charge in [0.1, 0.15) is 0 Å². The van der Waals surface area contributed by atoms with Crippen molar-refractivity contribution in [1.29, 1.82) is 0 Å². The molecule has 2 nitrogen and oxygen atoms in total. The normalized spacial score (nSPS) is 13.4. The van der Waals surface area contributed by atoms with Crippen LogP contribution in [0.15, 0.2) is 109 Å². The molecule has 0 saturated heterocycles. The highest BCUT2D eigenvalue weighted by atomic mass is 16.4. The van der Waals surface area contributed by atoms with E-state index in [9.17, 15) is 4.79 Å². The molecule has 0 fully saturated rings. The Kier molecular flexibility index (Phi) is 27.8. The fraction of sp³-hybridized carbons (Fsp3) is 0.441. The zero-order chi connectivity index (χ0) is 26.2. The first kappa shape index (κ1) is 33.1. The van der Waals surface area contributed by atoms with Gasteiger partial charge in [-0.05, 0) is 77.0 Å². The lowest BCUT2D eigenvalue weighted by molar-refractivity contribution is -0.137. The number of hydrogen-bond acceptors (Lipinski definition) is 1. The van der Waals surface area contributed by atoms with Crippen molar-refractivity contribution in [3.63, 3.8) is 0 Å². The lowest BCUT2D eigenvalue weighted by Gasteiger charge is -1.94. The Labute approximate surface area is 222 Å². The predicted molar refractivity (Wildman–Crippen MR) is 160 cm³/mol. The first-order valence-electron chi connectivity index (χ1n) is 13.8. The van der Waals surface area contributed by atoms with Crippen molar-refractivity contribution < 1.29 is 9.90 Å². The molecular weight excluding hydrogens is 440 g/mol. The van der Waals surface area contributed by atoms with Crippen molar-refractivity contribution >= 4 is 5.97 Å². The molecule has 0 saturated carbocycles. The van der Waals surface area contributed by atoms with E-state index in [2.05, 4.69) is 116 Å². The standard InChI is InChI=1S/C34H50O2/c1-2-3-4-5-6-7-8-9-10-11-12-13-14-15-16-17-18-19-20-21-22-23-24-25-26-27-28-29-30-31-32-33-34(35)36/h3-4,6-7,9-10,12-13,15-16,18-19,21-22,24-25,27-28H,2,5,8,11,14,17,20,23,26,29-33H2,1H3,(H,35,36)/b4-3-,7-6-,10-9-,13-12-,16-15-,19-18-,22-21-,25-24-,28-27-. The Balaban J connectivity index is 3.55. The molecule has 198 valence electrons. The molecule has 0 spiro atoms. The van der Waals surface area contributed by atoms with Crippen LogP contribution >= 0.6 is 0 Å². The third-order valence-electron chi connectivity index (χ3n) is 5.17. The Morgan fingerprint density at radius 3 is 1.06 bits per heavy atom. The van der Waals surface area contributed by atoms with Crippen molar-refractivity contribution in [3.8, 4) is 0 Å². The fourth-order valence-electron chi connectivity index (χ4n) is 3.17. The molecule has 0 rings (SSSR count). The monoisotopic (exact) mass is 490 g/mol. The highest BCUT2D eigenvalue weighted by Gasteiger charge is 1.94. The highest BCUT2D eigenvalue weighted by Crippen LogP contribution is 2.04. The van der Waals surface area contributed by atoms with E-state index >= 15 is 0 Å². The molecule has 0 aliphatic heterocycles. The highest BCUT2D eigenvalue weighted by molar-refractivity contribution is 5.66. The van der Waals surface area contributed by atoms with Gasteiger partial charge in [0.25, 0.3) is 0 Å². The van der Waals surface area contributed by atoms with Crippen LogP contribution in [0.1, 0.15) is 96.8 Å². The minimum Gasteiger partial charge on any atom is -0.481 e. The summed E-state index contributed by atoms with van der Waals surface area (Å²) in [5.41, 5.74) is 0. The number of rotatable bonds is 23. The molecule has 0 radical (unpaired) electrons. The quantitative estimate of drug-likeness (QED) is 0.114. The van der Waals surface area contributed by atoms with E-state index in [-0.39, 0.29) is 0 Å². The van der Waals surface area contributed by atoms with Gasteiger partial charge >= 0.3 is 5.97 Å². The van der Waals surface area contributed by atoms with Gasteiger partial charge in [-0.2, -0.15) is 0 Å². The van der Waals surface area contributed by atoms with Crippen molar-refractivity contribution in [2.45, 2.75) is 96.8 Å². The predicted octanol–water partition coefficient (Wildman–Crippen LogP) is 10.6. The summed E-state index contributed by atoms with van der Waals surface area (Å²) in [6.45, 7) is 2.16. The zero-order valence-corrected chi connectivity index (χ0v) is 22.6. The molecule has 0 heterocycles. The topological polar surface area (TPSA) is 37.3 Å². The molecule has 0 bridgehead atoms. The number of hydrogen-bond donors (Lipinski definition) is 1. The maximum absolute atomic E-state index is 10.4. The van der Waals surface area contributed by atoms with Crippen LogP contribution in [0.5, 0.6) is 0 Å². The van der Waals surface area contributed by atoms with Crippen molar-refractivity contribution in [3.05, 3.63) is 109 Å². The Morgan fingerprint density at radius 2 is 0.750 bits per heavy atom. The van der Waals surface area contributed by atoms with E-state index in [4.69, 9.17) is 5.11 Å². The molecule has 0 aliphatic carbocycles. The smallest absolute Gasteiger partial charge is 0.303 e. The molecule has 0 aromatic carbocycles. The number of aliphatic carboxylic acids is 1. The number of unbranched alkanes of at least 4 members (excludes halogenated alkanes) is 3. The van der Waals surface area contributed by atoms with E-state index in [1.54, 1.807) is 0 Å². The average Bonchev–Trinajstić information content (AvgIpc) is 2.87. The minimum atomic E-state index is -0.693. The maximum Gasteiger partial charge on any atom is 0.303 e. The summed E-state index contributed by atoms with van der Waals surface area (Å²) in [4.78, 5) is 10.4. The summed E-state index contributed by atoms with van der Waals surface area (Å²) in [7, 11) is 0. The van der Waals surface area contributed by atoms with Crippen LogP contribution in [0.3, 0.4) is 0 Å². The van der Waals surface area contributed by atoms with Crippen molar-refractivity contribution in [2.24, 2.45) is 0 Å². The van der Waals surface area contributed by atoms with Gasteiger partial charge in [-0.1, -0.05) is 123 Å². The van der Waals surface area contributed by atoms with Crippen LogP contribution in [0, 0.1) is 0 Å². The number of carbonyl (C=O) groups is 1. The van der Waals surface area contributed by atoms with Gasteiger partial charge in [-0.15, -0.1) is 0 Å². The van der Waals surface area contributed by atoms with Gasteiger partial charge < -0.3 is 5.11 Å². The Bertz CT molecular complexity index is 754.